The molecule has 1 saturated heterocycles. The van der Waals surface area contributed by atoms with Crippen LogP contribution in [-0.4, -0.2) is 36.5 Å². The van der Waals surface area contributed by atoms with Crippen molar-refractivity contribution in [2.75, 3.05) is 31.6 Å². The van der Waals surface area contributed by atoms with Crippen molar-refractivity contribution in [3.05, 3.63) is 35.4 Å². The van der Waals surface area contributed by atoms with Crippen molar-refractivity contribution in [1.82, 2.24) is 10.2 Å². The minimum Gasteiger partial charge on any atom is -0.316 e. The Morgan fingerprint density at radius 1 is 1.12 bits per heavy atom. The highest BCUT2D eigenvalue weighted by Gasteiger charge is 2.10. The van der Waals surface area contributed by atoms with Gasteiger partial charge >= 0.3 is 0 Å². The van der Waals surface area contributed by atoms with Gasteiger partial charge < -0.3 is 5.32 Å². The molecule has 16 heavy (non-hydrogen) atoms. The first-order valence-corrected chi connectivity index (χ1v) is 7.06. The average Bonchev–Trinajstić information content (AvgIpc) is 2.33. The summed E-state index contributed by atoms with van der Waals surface area (Å²) in [6, 6.07) is 8.97. The highest BCUT2D eigenvalue weighted by atomic mass is 32.2. The summed E-state index contributed by atoms with van der Waals surface area (Å²) in [5.41, 5.74) is 2.80. The molecule has 1 heterocycles. The molecule has 2 rings (SSSR count). The highest BCUT2D eigenvalue weighted by Crippen LogP contribution is 2.13. The van der Waals surface area contributed by atoms with E-state index in [9.17, 15) is 0 Å². The number of benzene rings is 1. The highest BCUT2D eigenvalue weighted by molar-refractivity contribution is 7.99. The fourth-order valence-corrected chi connectivity index (χ4v) is 2.96. The van der Waals surface area contributed by atoms with Crippen LogP contribution in [0.5, 0.6) is 0 Å². The SMILES string of the molecule is CNCc1ccc(CN2CCSCC2)cc1. The van der Waals surface area contributed by atoms with Gasteiger partial charge in [-0.05, 0) is 18.2 Å². The van der Waals surface area contributed by atoms with Crippen molar-refractivity contribution in [3.8, 4) is 0 Å². The third-order valence-electron chi connectivity index (χ3n) is 2.91. The Morgan fingerprint density at radius 2 is 1.75 bits per heavy atom. The fourth-order valence-electron chi connectivity index (χ4n) is 1.98. The Morgan fingerprint density at radius 3 is 2.38 bits per heavy atom. The zero-order valence-electron chi connectivity index (χ0n) is 9.91. The van der Waals surface area contributed by atoms with E-state index in [-0.39, 0.29) is 0 Å². The first-order valence-electron chi connectivity index (χ1n) is 5.91. The molecule has 1 fully saturated rings. The van der Waals surface area contributed by atoms with Gasteiger partial charge in [-0.2, -0.15) is 11.8 Å². The minimum absolute atomic E-state index is 0.959. The molecule has 1 aromatic rings. The van der Waals surface area contributed by atoms with Gasteiger partial charge in [0, 0.05) is 37.7 Å². The molecule has 1 N–H and O–H groups in total. The van der Waals surface area contributed by atoms with Crippen LogP contribution in [0.15, 0.2) is 24.3 Å². The van der Waals surface area contributed by atoms with Gasteiger partial charge in [0.2, 0.25) is 0 Å². The van der Waals surface area contributed by atoms with Crippen LogP contribution in [0, 0.1) is 0 Å². The van der Waals surface area contributed by atoms with Crippen LogP contribution < -0.4 is 5.32 Å². The minimum atomic E-state index is 0.959. The van der Waals surface area contributed by atoms with E-state index in [1.165, 1.54) is 35.7 Å². The normalized spacial score (nSPS) is 17.6. The molecule has 0 unspecified atom stereocenters. The maximum absolute atomic E-state index is 3.17. The molecule has 0 aromatic heterocycles. The summed E-state index contributed by atoms with van der Waals surface area (Å²) in [4.78, 5) is 2.55. The van der Waals surface area contributed by atoms with E-state index >= 15 is 0 Å². The third kappa shape index (κ3) is 3.51. The van der Waals surface area contributed by atoms with Crippen LogP contribution >= 0.6 is 11.8 Å². The molecule has 1 aromatic carbocycles. The molecule has 0 saturated carbocycles. The van der Waals surface area contributed by atoms with Gasteiger partial charge in [-0.25, -0.2) is 0 Å². The van der Waals surface area contributed by atoms with E-state index in [0.717, 1.165) is 13.1 Å². The molecule has 0 atom stereocenters. The van der Waals surface area contributed by atoms with Crippen LogP contribution in [0.25, 0.3) is 0 Å². The van der Waals surface area contributed by atoms with Gasteiger partial charge in [-0.15, -0.1) is 0 Å². The molecule has 2 nitrogen and oxygen atoms in total. The molecule has 88 valence electrons. The quantitative estimate of drug-likeness (QED) is 0.860. The van der Waals surface area contributed by atoms with Gasteiger partial charge in [-0.3, -0.25) is 4.90 Å². The maximum atomic E-state index is 3.17. The Kier molecular flexibility index (Phi) is 4.69. The van der Waals surface area contributed by atoms with E-state index in [1.54, 1.807) is 0 Å². The summed E-state index contributed by atoms with van der Waals surface area (Å²) >= 11 is 2.07. The Balaban J connectivity index is 1.88. The summed E-state index contributed by atoms with van der Waals surface area (Å²) in [5.74, 6) is 2.58. The summed E-state index contributed by atoms with van der Waals surface area (Å²) < 4.78 is 0. The molecule has 0 radical (unpaired) electrons. The van der Waals surface area contributed by atoms with Crippen molar-refractivity contribution in [1.29, 1.82) is 0 Å². The molecule has 1 aliphatic heterocycles. The lowest BCUT2D eigenvalue weighted by atomic mass is 10.1. The van der Waals surface area contributed by atoms with Crippen molar-refractivity contribution < 1.29 is 0 Å². The monoisotopic (exact) mass is 236 g/mol. The number of nitrogens with zero attached hydrogens (tertiary/aromatic N) is 1. The Bertz CT molecular complexity index is 304. The average molecular weight is 236 g/mol. The first kappa shape index (κ1) is 12.0. The van der Waals surface area contributed by atoms with Gasteiger partial charge in [0.25, 0.3) is 0 Å². The van der Waals surface area contributed by atoms with E-state index in [2.05, 4.69) is 46.2 Å². The molecule has 0 spiro atoms. The smallest absolute Gasteiger partial charge is 0.0234 e. The third-order valence-corrected chi connectivity index (χ3v) is 3.86. The molecular formula is C13H20N2S. The molecule has 3 heteroatoms. The van der Waals surface area contributed by atoms with E-state index in [1.807, 2.05) is 7.05 Å². The number of hydrogen-bond acceptors (Lipinski definition) is 3. The zero-order chi connectivity index (χ0) is 11.2. The van der Waals surface area contributed by atoms with Gasteiger partial charge in [0.05, 0.1) is 0 Å². The molecule has 0 amide bonds. The molecule has 0 aliphatic carbocycles. The predicted molar refractivity (Wildman–Crippen MR) is 71.8 cm³/mol. The second-order valence-electron chi connectivity index (χ2n) is 4.24. The zero-order valence-corrected chi connectivity index (χ0v) is 10.7. The van der Waals surface area contributed by atoms with Crippen LogP contribution in [0.3, 0.4) is 0 Å². The van der Waals surface area contributed by atoms with E-state index in [4.69, 9.17) is 0 Å². The molecular weight excluding hydrogens is 216 g/mol. The lowest BCUT2D eigenvalue weighted by molar-refractivity contribution is 0.294. The fraction of sp³-hybridized carbons (Fsp3) is 0.538. The summed E-state index contributed by atoms with van der Waals surface area (Å²) in [6.45, 7) is 4.55. The summed E-state index contributed by atoms with van der Waals surface area (Å²) in [6.07, 6.45) is 0. The van der Waals surface area contributed by atoms with Crippen LogP contribution in [0.4, 0.5) is 0 Å². The predicted octanol–water partition coefficient (Wildman–Crippen LogP) is 1.95. The van der Waals surface area contributed by atoms with Crippen LogP contribution in [-0.2, 0) is 13.1 Å². The standard InChI is InChI=1S/C13H20N2S/c1-14-10-12-2-4-13(5-3-12)11-15-6-8-16-9-7-15/h2-5,14H,6-11H2,1H3. The van der Waals surface area contributed by atoms with E-state index in [0.29, 0.717) is 0 Å². The van der Waals surface area contributed by atoms with Crippen molar-refractivity contribution >= 4 is 11.8 Å². The van der Waals surface area contributed by atoms with Crippen molar-refractivity contribution in [3.63, 3.8) is 0 Å². The molecule has 1 aliphatic rings. The summed E-state index contributed by atoms with van der Waals surface area (Å²) in [5, 5.41) is 3.17. The Labute approximate surface area is 102 Å². The number of hydrogen-bond donors (Lipinski definition) is 1. The Hall–Kier alpha value is -0.510. The van der Waals surface area contributed by atoms with Crippen LogP contribution in [0.2, 0.25) is 0 Å². The molecule has 0 bridgehead atoms. The van der Waals surface area contributed by atoms with Gasteiger partial charge in [0.15, 0.2) is 0 Å². The largest absolute Gasteiger partial charge is 0.316 e. The lowest BCUT2D eigenvalue weighted by Crippen LogP contribution is -2.31. The number of nitrogens with one attached hydrogen (secondary N) is 1. The van der Waals surface area contributed by atoms with Crippen molar-refractivity contribution in [2.24, 2.45) is 0 Å². The van der Waals surface area contributed by atoms with Crippen LogP contribution in [0.1, 0.15) is 11.1 Å². The maximum Gasteiger partial charge on any atom is 0.0234 e. The first-order chi connectivity index (χ1) is 7.88. The lowest BCUT2D eigenvalue weighted by Gasteiger charge is -2.26. The van der Waals surface area contributed by atoms with Gasteiger partial charge in [0.1, 0.15) is 0 Å². The second-order valence-corrected chi connectivity index (χ2v) is 5.46. The number of rotatable bonds is 4. The number of thioether (sulfide) groups is 1. The van der Waals surface area contributed by atoms with E-state index < -0.39 is 0 Å². The van der Waals surface area contributed by atoms with Crippen molar-refractivity contribution in [2.45, 2.75) is 13.1 Å². The van der Waals surface area contributed by atoms with Gasteiger partial charge in [-0.1, -0.05) is 24.3 Å². The summed E-state index contributed by atoms with van der Waals surface area (Å²) in [7, 11) is 1.99. The second kappa shape index (κ2) is 6.28. The topological polar surface area (TPSA) is 15.3 Å².